The highest BCUT2D eigenvalue weighted by molar-refractivity contribution is 7.89. The van der Waals surface area contributed by atoms with Crippen molar-refractivity contribution in [1.82, 2.24) is 4.72 Å². The van der Waals surface area contributed by atoms with Crippen molar-refractivity contribution in [3.63, 3.8) is 0 Å². The van der Waals surface area contributed by atoms with Crippen LogP contribution in [0.25, 0.3) is 0 Å². The van der Waals surface area contributed by atoms with Crippen LogP contribution in [0.15, 0.2) is 53.4 Å². The predicted molar refractivity (Wildman–Crippen MR) is 104 cm³/mol. The van der Waals surface area contributed by atoms with E-state index >= 15 is 0 Å². The third-order valence-electron chi connectivity index (χ3n) is 4.57. The molecule has 1 aliphatic heterocycles. The van der Waals surface area contributed by atoms with Gasteiger partial charge >= 0.3 is 0 Å². The molecule has 0 spiro atoms. The molecule has 140 valence electrons. The van der Waals surface area contributed by atoms with Gasteiger partial charge in [-0.05, 0) is 68.1 Å². The van der Waals surface area contributed by atoms with E-state index in [0.29, 0.717) is 12.4 Å². The molecule has 2 aromatic rings. The lowest BCUT2D eigenvalue weighted by Crippen LogP contribution is -2.29. The summed E-state index contributed by atoms with van der Waals surface area (Å²) in [7, 11) is -3.54. The van der Waals surface area contributed by atoms with E-state index in [0.717, 1.165) is 18.7 Å². The fourth-order valence-electron chi connectivity index (χ4n) is 3.12. The summed E-state index contributed by atoms with van der Waals surface area (Å²) in [5, 5.41) is 0. The third kappa shape index (κ3) is 4.77. The standard InChI is InChI=1S/C20H26N2O3S/c1-2-25-19-10-12-20(13-11-19)26(23,24)21-16-17-6-8-18(9-7-17)22-14-4-3-5-15-22/h6-13,21H,2-5,14-16H2,1H3. The van der Waals surface area contributed by atoms with Crippen molar-refractivity contribution in [3.05, 3.63) is 54.1 Å². The van der Waals surface area contributed by atoms with E-state index in [-0.39, 0.29) is 11.4 Å². The highest BCUT2D eigenvalue weighted by atomic mass is 32.2. The van der Waals surface area contributed by atoms with Gasteiger partial charge in [-0.15, -0.1) is 0 Å². The number of benzene rings is 2. The Morgan fingerprint density at radius 3 is 2.23 bits per heavy atom. The summed E-state index contributed by atoms with van der Waals surface area (Å²) in [6.07, 6.45) is 3.79. The van der Waals surface area contributed by atoms with Crippen molar-refractivity contribution < 1.29 is 13.2 Å². The van der Waals surface area contributed by atoms with Gasteiger partial charge in [-0.1, -0.05) is 12.1 Å². The minimum absolute atomic E-state index is 0.242. The van der Waals surface area contributed by atoms with Gasteiger partial charge in [0.25, 0.3) is 0 Å². The number of hydrogen-bond acceptors (Lipinski definition) is 4. The van der Waals surface area contributed by atoms with Gasteiger partial charge in [0.15, 0.2) is 0 Å². The Bertz CT molecular complexity index is 796. The van der Waals surface area contributed by atoms with E-state index in [4.69, 9.17) is 4.74 Å². The quantitative estimate of drug-likeness (QED) is 0.805. The van der Waals surface area contributed by atoms with Crippen LogP contribution >= 0.6 is 0 Å². The Kier molecular flexibility index (Phi) is 6.16. The lowest BCUT2D eigenvalue weighted by atomic mass is 10.1. The minimum Gasteiger partial charge on any atom is -0.494 e. The predicted octanol–water partition coefficient (Wildman–Crippen LogP) is 3.55. The van der Waals surface area contributed by atoms with E-state index in [1.807, 2.05) is 19.1 Å². The van der Waals surface area contributed by atoms with Gasteiger partial charge in [0.1, 0.15) is 5.75 Å². The van der Waals surface area contributed by atoms with Crippen molar-refractivity contribution in [2.45, 2.75) is 37.6 Å². The van der Waals surface area contributed by atoms with Gasteiger partial charge in [0, 0.05) is 25.3 Å². The summed E-state index contributed by atoms with van der Waals surface area (Å²) < 4.78 is 32.9. The van der Waals surface area contributed by atoms with E-state index in [1.165, 1.54) is 24.9 Å². The van der Waals surface area contributed by atoms with Crippen LogP contribution in [-0.2, 0) is 16.6 Å². The Labute approximate surface area is 156 Å². The molecular weight excluding hydrogens is 348 g/mol. The molecule has 1 heterocycles. The van der Waals surface area contributed by atoms with Crippen LogP contribution in [-0.4, -0.2) is 28.1 Å². The van der Waals surface area contributed by atoms with E-state index < -0.39 is 10.0 Å². The zero-order valence-electron chi connectivity index (χ0n) is 15.1. The fourth-order valence-corrected chi connectivity index (χ4v) is 4.14. The zero-order valence-corrected chi connectivity index (χ0v) is 16.0. The number of nitrogens with one attached hydrogen (secondary N) is 1. The smallest absolute Gasteiger partial charge is 0.240 e. The first kappa shape index (κ1) is 18.7. The summed E-state index contributed by atoms with van der Waals surface area (Å²) >= 11 is 0. The first-order chi connectivity index (χ1) is 12.6. The third-order valence-corrected chi connectivity index (χ3v) is 5.99. The summed E-state index contributed by atoms with van der Waals surface area (Å²) in [4.78, 5) is 2.63. The number of piperidine rings is 1. The van der Waals surface area contributed by atoms with Crippen molar-refractivity contribution in [2.24, 2.45) is 0 Å². The molecule has 1 N–H and O–H groups in total. The molecule has 0 aromatic heterocycles. The number of sulfonamides is 1. The number of anilines is 1. The second-order valence-corrected chi connectivity index (χ2v) is 8.21. The lowest BCUT2D eigenvalue weighted by molar-refractivity contribution is 0.340. The Hall–Kier alpha value is -2.05. The fraction of sp³-hybridized carbons (Fsp3) is 0.400. The van der Waals surface area contributed by atoms with Crippen LogP contribution in [0, 0.1) is 0 Å². The van der Waals surface area contributed by atoms with Gasteiger partial charge in [-0.25, -0.2) is 13.1 Å². The van der Waals surface area contributed by atoms with Crippen molar-refractivity contribution >= 4 is 15.7 Å². The molecule has 6 heteroatoms. The second-order valence-electron chi connectivity index (χ2n) is 6.44. The highest BCUT2D eigenvalue weighted by Gasteiger charge is 2.14. The minimum atomic E-state index is -3.54. The number of ether oxygens (including phenoxy) is 1. The van der Waals surface area contributed by atoms with Crippen molar-refractivity contribution in [2.75, 3.05) is 24.6 Å². The summed E-state index contributed by atoms with van der Waals surface area (Å²) in [6, 6.07) is 14.6. The van der Waals surface area contributed by atoms with Crippen LogP contribution in [0.4, 0.5) is 5.69 Å². The molecule has 1 saturated heterocycles. The summed E-state index contributed by atoms with van der Waals surface area (Å²) in [5.74, 6) is 0.666. The molecule has 0 radical (unpaired) electrons. The maximum atomic E-state index is 12.4. The molecule has 1 fully saturated rings. The first-order valence-electron chi connectivity index (χ1n) is 9.15. The number of hydrogen-bond donors (Lipinski definition) is 1. The molecule has 1 aliphatic rings. The first-order valence-corrected chi connectivity index (χ1v) is 10.6. The normalized spacial score (nSPS) is 15.0. The van der Waals surface area contributed by atoms with Gasteiger partial charge in [0.05, 0.1) is 11.5 Å². The average Bonchev–Trinajstić information content (AvgIpc) is 2.68. The lowest BCUT2D eigenvalue weighted by Gasteiger charge is -2.28. The van der Waals surface area contributed by atoms with Crippen LogP contribution in [0.3, 0.4) is 0 Å². The van der Waals surface area contributed by atoms with Gasteiger partial charge in [0.2, 0.25) is 10.0 Å². The molecule has 0 unspecified atom stereocenters. The van der Waals surface area contributed by atoms with E-state index in [9.17, 15) is 8.42 Å². The molecule has 0 atom stereocenters. The molecular formula is C20H26N2O3S. The van der Waals surface area contributed by atoms with E-state index in [2.05, 4.69) is 21.8 Å². The largest absolute Gasteiger partial charge is 0.494 e. The second kappa shape index (κ2) is 8.56. The highest BCUT2D eigenvalue weighted by Crippen LogP contribution is 2.21. The van der Waals surface area contributed by atoms with Gasteiger partial charge < -0.3 is 9.64 Å². The number of nitrogens with zero attached hydrogens (tertiary/aromatic N) is 1. The zero-order chi connectivity index (χ0) is 18.4. The van der Waals surface area contributed by atoms with Gasteiger partial charge in [-0.2, -0.15) is 0 Å². The Morgan fingerprint density at radius 1 is 0.962 bits per heavy atom. The van der Waals surface area contributed by atoms with Crippen molar-refractivity contribution in [1.29, 1.82) is 0 Å². The maximum Gasteiger partial charge on any atom is 0.240 e. The SMILES string of the molecule is CCOc1ccc(S(=O)(=O)NCc2ccc(N3CCCCC3)cc2)cc1. The van der Waals surface area contributed by atoms with Crippen LogP contribution < -0.4 is 14.4 Å². The molecule has 0 bridgehead atoms. The molecule has 3 rings (SSSR count). The molecule has 2 aromatic carbocycles. The molecule has 26 heavy (non-hydrogen) atoms. The molecule has 0 amide bonds. The molecule has 0 saturated carbocycles. The maximum absolute atomic E-state index is 12.4. The van der Waals surface area contributed by atoms with Gasteiger partial charge in [-0.3, -0.25) is 0 Å². The van der Waals surface area contributed by atoms with Crippen LogP contribution in [0.2, 0.25) is 0 Å². The monoisotopic (exact) mass is 374 g/mol. The molecule has 5 nitrogen and oxygen atoms in total. The topological polar surface area (TPSA) is 58.6 Å². The van der Waals surface area contributed by atoms with Crippen LogP contribution in [0.1, 0.15) is 31.7 Å². The summed E-state index contributed by atoms with van der Waals surface area (Å²) in [5.41, 5.74) is 2.16. The average molecular weight is 375 g/mol. The Balaban J connectivity index is 1.60. The Morgan fingerprint density at radius 2 is 1.62 bits per heavy atom. The molecule has 0 aliphatic carbocycles. The van der Waals surface area contributed by atoms with Crippen LogP contribution in [0.5, 0.6) is 5.75 Å². The van der Waals surface area contributed by atoms with Crippen molar-refractivity contribution in [3.8, 4) is 5.75 Å². The number of rotatable bonds is 7. The van der Waals surface area contributed by atoms with E-state index in [1.54, 1.807) is 24.3 Å². The summed E-state index contributed by atoms with van der Waals surface area (Å²) in [6.45, 7) is 4.92.